The van der Waals surface area contributed by atoms with Crippen molar-refractivity contribution in [2.24, 2.45) is 0 Å². The van der Waals surface area contributed by atoms with E-state index in [4.69, 9.17) is 5.26 Å². The van der Waals surface area contributed by atoms with E-state index in [0.29, 0.717) is 38.8 Å². The minimum Gasteiger partial charge on any atom is -0.355 e. The van der Waals surface area contributed by atoms with Crippen molar-refractivity contribution in [3.8, 4) is 6.07 Å². The molecule has 27 heavy (non-hydrogen) atoms. The molecule has 0 radical (unpaired) electrons. The summed E-state index contributed by atoms with van der Waals surface area (Å²) < 4.78 is 0. The normalized spacial score (nSPS) is 21.0. The molecule has 3 rings (SSSR count). The number of hydrogen-bond donors (Lipinski definition) is 0. The van der Waals surface area contributed by atoms with Crippen LogP contribution in [0.3, 0.4) is 0 Å². The molecule has 0 spiro atoms. The lowest BCUT2D eigenvalue weighted by molar-refractivity contribution is 0.0639. The van der Waals surface area contributed by atoms with Crippen molar-refractivity contribution in [1.29, 1.82) is 5.26 Å². The van der Waals surface area contributed by atoms with Gasteiger partial charge in [-0.25, -0.2) is 9.97 Å². The highest BCUT2D eigenvalue weighted by molar-refractivity contribution is 5.91. The Morgan fingerprint density at radius 2 is 1.89 bits per heavy atom. The Bertz CT molecular complexity index is 734. The van der Waals surface area contributed by atoms with Gasteiger partial charge in [0.2, 0.25) is 5.82 Å². The zero-order chi connectivity index (χ0) is 19.6. The van der Waals surface area contributed by atoms with Gasteiger partial charge >= 0.3 is 0 Å². The van der Waals surface area contributed by atoms with Gasteiger partial charge in [-0.1, -0.05) is 0 Å². The zero-order valence-electron chi connectivity index (χ0n) is 16.8. The summed E-state index contributed by atoms with van der Waals surface area (Å²) in [4.78, 5) is 30.5. The summed E-state index contributed by atoms with van der Waals surface area (Å²) in [7, 11) is 4.21. The number of aromatic nitrogens is 2. The number of nitriles is 1. The molecule has 2 saturated heterocycles. The van der Waals surface area contributed by atoms with Crippen LogP contribution >= 0.6 is 0 Å². The average Bonchev–Trinajstić information content (AvgIpc) is 3.14. The van der Waals surface area contributed by atoms with Crippen LogP contribution in [0.1, 0.15) is 28.3 Å². The largest absolute Gasteiger partial charge is 0.355 e. The predicted molar refractivity (Wildman–Crippen MR) is 104 cm³/mol. The van der Waals surface area contributed by atoms with Crippen molar-refractivity contribution in [3.05, 3.63) is 17.1 Å². The quantitative estimate of drug-likeness (QED) is 0.714. The van der Waals surface area contributed by atoms with E-state index in [1.807, 2.05) is 13.8 Å². The minimum atomic E-state index is -0.112. The van der Waals surface area contributed by atoms with Gasteiger partial charge < -0.3 is 14.7 Å². The van der Waals surface area contributed by atoms with Crippen molar-refractivity contribution in [3.63, 3.8) is 0 Å². The van der Waals surface area contributed by atoms with E-state index >= 15 is 0 Å². The highest BCUT2D eigenvalue weighted by Gasteiger charge is 2.29. The SMILES string of the molecule is Cc1nc(C(=O)N2CCN(CC#N)CC2)nc(N2CC[C@@H](N(C)C)C2)c1C. The minimum absolute atomic E-state index is 0.112. The van der Waals surface area contributed by atoms with Gasteiger partial charge in [-0.2, -0.15) is 5.26 Å². The topological polar surface area (TPSA) is 79.6 Å². The standard InChI is InChI=1S/C19H29N7O/c1-14-15(2)21-17(19(27)25-11-9-24(8-6-20)10-12-25)22-18(14)26-7-5-16(13-26)23(3)4/h16H,5,7-13H2,1-4H3/t16-/m1/s1. The number of rotatable bonds is 4. The van der Waals surface area contributed by atoms with Gasteiger partial charge in [0.25, 0.3) is 5.91 Å². The maximum absolute atomic E-state index is 13.0. The van der Waals surface area contributed by atoms with Crippen LogP contribution in [0.2, 0.25) is 0 Å². The second-order valence-corrected chi connectivity index (χ2v) is 7.66. The molecule has 1 aromatic heterocycles. The molecule has 1 amide bonds. The molecule has 8 heteroatoms. The Labute approximate surface area is 161 Å². The number of piperazine rings is 1. The number of hydrogen-bond acceptors (Lipinski definition) is 7. The van der Waals surface area contributed by atoms with Gasteiger partial charge in [0.05, 0.1) is 12.6 Å². The third kappa shape index (κ3) is 4.20. The molecule has 1 aromatic rings. The lowest BCUT2D eigenvalue weighted by Crippen LogP contribution is -2.49. The third-order valence-electron chi connectivity index (χ3n) is 5.70. The van der Waals surface area contributed by atoms with Crippen LogP contribution in [-0.2, 0) is 0 Å². The molecule has 3 heterocycles. The van der Waals surface area contributed by atoms with Crippen LogP contribution in [0, 0.1) is 25.2 Å². The summed E-state index contributed by atoms with van der Waals surface area (Å²) in [5, 5.41) is 8.82. The number of carbonyl (C=O) groups excluding carboxylic acids is 1. The molecule has 1 atom stereocenters. The molecule has 0 bridgehead atoms. The van der Waals surface area contributed by atoms with Crippen molar-refractivity contribution in [2.45, 2.75) is 26.3 Å². The average molecular weight is 371 g/mol. The molecule has 146 valence electrons. The van der Waals surface area contributed by atoms with Crippen molar-refractivity contribution < 1.29 is 4.79 Å². The first-order chi connectivity index (χ1) is 12.9. The monoisotopic (exact) mass is 371 g/mol. The molecular formula is C19H29N7O. The Balaban J connectivity index is 1.76. The van der Waals surface area contributed by atoms with Crippen LogP contribution in [0.4, 0.5) is 5.82 Å². The lowest BCUT2D eigenvalue weighted by atomic mass is 10.2. The molecule has 2 fully saturated rings. The first-order valence-corrected chi connectivity index (χ1v) is 9.56. The highest BCUT2D eigenvalue weighted by atomic mass is 16.2. The number of carbonyl (C=O) groups is 1. The van der Waals surface area contributed by atoms with Gasteiger partial charge in [0.15, 0.2) is 0 Å². The van der Waals surface area contributed by atoms with E-state index in [1.54, 1.807) is 4.90 Å². The number of aryl methyl sites for hydroxylation is 1. The Morgan fingerprint density at radius 1 is 1.19 bits per heavy atom. The maximum atomic E-state index is 13.0. The number of likely N-dealkylation sites (N-methyl/N-ethyl adjacent to an activating group) is 1. The second-order valence-electron chi connectivity index (χ2n) is 7.66. The summed E-state index contributed by atoms with van der Waals surface area (Å²) in [5.74, 6) is 1.06. The summed E-state index contributed by atoms with van der Waals surface area (Å²) >= 11 is 0. The molecule has 0 aliphatic carbocycles. The van der Waals surface area contributed by atoms with Crippen LogP contribution in [-0.4, -0.2) is 96.5 Å². The summed E-state index contributed by atoms with van der Waals surface area (Å²) in [6.45, 7) is 8.91. The van der Waals surface area contributed by atoms with E-state index in [0.717, 1.165) is 36.6 Å². The molecule has 0 unspecified atom stereocenters. The first kappa shape index (κ1) is 19.5. The maximum Gasteiger partial charge on any atom is 0.291 e. The predicted octanol–water partition coefficient (Wildman–Crippen LogP) is 0.515. The van der Waals surface area contributed by atoms with Gasteiger partial charge in [-0.15, -0.1) is 0 Å². The number of anilines is 1. The Hall–Kier alpha value is -2.24. The summed E-state index contributed by atoms with van der Waals surface area (Å²) in [6, 6.07) is 2.67. The fraction of sp³-hybridized carbons (Fsp3) is 0.684. The first-order valence-electron chi connectivity index (χ1n) is 9.56. The smallest absolute Gasteiger partial charge is 0.291 e. The van der Waals surface area contributed by atoms with Crippen molar-refractivity contribution >= 4 is 11.7 Å². The number of amides is 1. The summed E-state index contributed by atoms with van der Waals surface area (Å²) in [6.07, 6.45) is 1.10. The molecule has 0 aromatic carbocycles. The Morgan fingerprint density at radius 3 is 2.48 bits per heavy atom. The van der Waals surface area contributed by atoms with E-state index in [9.17, 15) is 4.79 Å². The molecule has 0 N–H and O–H groups in total. The van der Waals surface area contributed by atoms with E-state index in [-0.39, 0.29) is 11.7 Å². The van der Waals surface area contributed by atoms with Gasteiger partial charge in [-0.3, -0.25) is 9.69 Å². The summed E-state index contributed by atoms with van der Waals surface area (Å²) in [5.41, 5.74) is 1.91. The molecular weight excluding hydrogens is 342 g/mol. The number of nitrogens with zero attached hydrogens (tertiary/aromatic N) is 7. The fourth-order valence-corrected chi connectivity index (χ4v) is 3.72. The fourth-order valence-electron chi connectivity index (χ4n) is 3.72. The van der Waals surface area contributed by atoms with Crippen LogP contribution < -0.4 is 4.90 Å². The van der Waals surface area contributed by atoms with E-state index in [1.165, 1.54) is 0 Å². The van der Waals surface area contributed by atoms with E-state index < -0.39 is 0 Å². The van der Waals surface area contributed by atoms with Crippen molar-refractivity contribution in [1.82, 2.24) is 24.7 Å². The van der Waals surface area contributed by atoms with Crippen molar-refractivity contribution in [2.75, 3.05) is 64.8 Å². The molecule has 8 nitrogen and oxygen atoms in total. The van der Waals surface area contributed by atoms with Gasteiger partial charge in [-0.05, 0) is 34.4 Å². The highest BCUT2D eigenvalue weighted by Crippen LogP contribution is 2.25. The Kier molecular flexibility index (Phi) is 5.92. The molecule has 0 saturated carbocycles. The van der Waals surface area contributed by atoms with Gasteiger partial charge in [0, 0.05) is 56.6 Å². The lowest BCUT2D eigenvalue weighted by Gasteiger charge is -2.33. The molecule has 2 aliphatic heterocycles. The van der Waals surface area contributed by atoms with Gasteiger partial charge in [0.1, 0.15) is 5.82 Å². The third-order valence-corrected chi connectivity index (χ3v) is 5.70. The van der Waals surface area contributed by atoms with Crippen LogP contribution in [0.5, 0.6) is 0 Å². The zero-order valence-corrected chi connectivity index (χ0v) is 16.8. The van der Waals surface area contributed by atoms with E-state index in [2.05, 4.69) is 44.8 Å². The van der Waals surface area contributed by atoms with Crippen LogP contribution in [0.25, 0.3) is 0 Å². The second kappa shape index (κ2) is 8.19. The van der Waals surface area contributed by atoms with Crippen LogP contribution in [0.15, 0.2) is 0 Å². The molecule has 2 aliphatic rings.